The number of hydrogen-bond acceptors (Lipinski definition) is 9. The van der Waals surface area contributed by atoms with Gasteiger partial charge in [0.15, 0.2) is 5.69 Å². The number of thioether (sulfide) groups is 2. The third-order valence-corrected chi connectivity index (χ3v) is 7.15. The normalized spacial score (nSPS) is 22.9. The Morgan fingerprint density at radius 1 is 1.58 bits per heavy atom. The molecule has 3 rings (SSSR count). The highest BCUT2D eigenvalue weighted by Gasteiger charge is 2.51. The number of carboxylic acid groups (broad SMARTS) is 1. The molecule has 24 heavy (non-hydrogen) atoms. The molecule has 2 aliphatic heterocycles. The molecule has 1 aromatic heterocycles. The van der Waals surface area contributed by atoms with E-state index >= 15 is 0 Å². The van der Waals surface area contributed by atoms with E-state index in [1.807, 2.05) is 0 Å². The maximum absolute atomic E-state index is 11.9. The van der Waals surface area contributed by atoms with Crippen molar-refractivity contribution in [3.8, 4) is 0 Å². The van der Waals surface area contributed by atoms with Crippen molar-refractivity contribution in [1.82, 2.24) is 9.88 Å². The predicted molar refractivity (Wildman–Crippen MR) is 89.9 cm³/mol. The zero-order chi connectivity index (χ0) is 17.4. The van der Waals surface area contributed by atoms with Gasteiger partial charge in [0.25, 0.3) is 0 Å². The van der Waals surface area contributed by atoms with Crippen molar-refractivity contribution in [3.05, 3.63) is 22.5 Å². The fourth-order valence-electron chi connectivity index (χ4n) is 2.41. The molecule has 1 fully saturated rings. The Morgan fingerprint density at radius 3 is 3.00 bits per heavy atom. The van der Waals surface area contributed by atoms with Gasteiger partial charge < -0.3 is 15.6 Å². The summed E-state index contributed by atoms with van der Waals surface area (Å²) in [4.78, 5) is 40.3. The number of β-lactam (4-membered cyclic amide) rings is 1. The average Bonchev–Trinajstić information content (AvgIpc) is 3.05. The van der Waals surface area contributed by atoms with Gasteiger partial charge in [0.05, 0.1) is 16.8 Å². The van der Waals surface area contributed by atoms with Crippen molar-refractivity contribution in [2.45, 2.75) is 15.6 Å². The Hall–Kier alpha value is -1.56. The minimum absolute atomic E-state index is 0.00193. The minimum atomic E-state index is -1.14. The van der Waals surface area contributed by atoms with E-state index in [9.17, 15) is 19.5 Å². The van der Waals surface area contributed by atoms with Gasteiger partial charge in [-0.1, -0.05) is 0 Å². The van der Waals surface area contributed by atoms with Gasteiger partial charge in [-0.2, -0.15) is 0 Å². The molecule has 0 aliphatic carbocycles. The molecule has 128 valence electrons. The van der Waals surface area contributed by atoms with E-state index in [1.54, 1.807) is 0 Å². The molecule has 3 heterocycles. The number of carbonyl (C=O) groups is 3. The number of rotatable bonds is 5. The summed E-state index contributed by atoms with van der Waals surface area (Å²) >= 11 is 4.04. The number of hydrogen-bond donors (Lipinski definition) is 2. The molecular formula is C13H13N3O5S3. The van der Waals surface area contributed by atoms with Crippen LogP contribution in [0.15, 0.2) is 21.0 Å². The second-order valence-electron chi connectivity index (χ2n) is 4.96. The molecule has 3 N–H and O–H groups in total. The van der Waals surface area contributed by atoms with Crippen molar-refractivity contribution < 1.29 is 24.2 Å². The number of methoxy groups -OCH3 is 1. The molecule has 8 nitrogen and oxygen atoms in total. The lowest BCUT2D eigenvalue weighted by molar-refractivity contribution is -0.147. The first kappa shape index (κ1) is 17.3. The number of nitrogens with zero attached hydrogens (tertiary/aromatic N) is 2. The van der Waals surface area contributed by atoms with Gasteiger partial charge >= 0.3 is 11.9 Å². The largest absolute Gasteiger partial charge is 0.477 e. The highest BCUT2D eigenvalue weighted by Crippen LogP contribution is 2.41. The lowest BCUT2D eigenvalue weighted by Crippen LogP contribution is -2.68. The van der Waals surface area contributed by atoms with E-state index in [4.69, 9.17) is 5.73 Å². The predicted octanol–water partition coefficient (Wildman–Crippen LogP) is 0.603. The minimum Gasteiger partial charge on any atom is -0.477 e. The molecule has 0 radical (unpaired) electrons. The van der Waals surface area contributed by atoms with Crippen LogP contribution in [0.25, 0.3) is 0 Å². The maximum Gasteiger partial charge on any atom is 0.358 e. The third-order valence-electron chi connectivity index (χ3n) is 3.58. The van der Waals surface area contributed by atoms with Crippen LogP contribution in [0.2, 0.25) is 0 Å². The highest BCUT2D eigenvalue weighted by molar-refractivity contribution is 8.02. The number of thiazole rings is 1. The van der Waals surface area contributed by atoms with Crippen LogP contribution in [0.5, 0.6) is 0 Å². The fraction of sp³-hybridized carbons (Fsp3) is 0.385. The summed E-state index contributed by atoms with van der Waals surface area (Å²) in [5.74, 6) is -1.24. The molecule has 1 amide bonds. The Bertz CT molecular complexity index is 747. The Kier molecular flexibility index (Phi) is 4.85. The van der Waals surface area contributed by atoms with Crippen LogP contribution in [-0.2, 0) is 14.3 Å². The molecule has 2 atom stereocenters. The van der Waals surface area contributed by atoms with E-state index in [-0.39, 0.29) is 22.7 Å². The zero-order valence-corrected chi connectivity index (χ0v) is 14.9. The van der Waals surface area contributed by atoms with E-state index in [1.165, 1.54) is 52.4 Å². The number of esters is 1. The van der Waals surface area contributed by atoms with Gasteiger partial charge in [0.1, 0.15) is 17.1 Å². The van der Waals surface area contributed by atoms with Gasteiger partial charge in [-0.3, -0.25) is 9.69 Å². The third kappa shape index (κ3) is 2.81. The maximum atomic E-state index is 11.9. The molecule has 2 aliphatic rings. The van der Waals surface area contributed by atoms with E-state index in [0.29, 0.717) is 21.3 Å². The number of aliphatic carboxylic acids is 1. The number of carboxylic acids is 1. The molecule has 1 aromatic rings. The lowest BCUT2D eigenvalue weighted by Gasteiger charge is -2.48. The number of aromatic nitrogens is 1. The summed E-state index contributed by atoms with van der Waals surface area (Å²) in [5, 5.41) is 9.16. The summed E-state index contributed by atoms with van der Waals surface area (Å²) in [6.45, 7) is 0. The van der Waals surface area contributed by atoms with Crippen molar-refractivity contribution in [2.24, 2.45) is 5.73 Å². The SMILES string of the molecule is COC(=O)c1ncsc1SCC1=C(C(=O)O)N2C(=O)C(N)[C@@H]2SC1. The summed E-state index contributed by atoms with van der Waals surface area (Å²) in [5.41, 5.74) is 8.09. The van der Waals surface area contributed by atoms with Crippen LogP contribution in [-0.4, -0.2) is 62.9 Å². The Morgan fingerprint density at radius 2 is 2.33 bits per heavy atom. The van der Waals surface area contributed by atoms with E-state index in [2.05, 4.69) is 9.72 Å². The van der Waals surface area contributed by atoms with Crippen molar-refractivity contribution >= 4 is 52.7 Å². The van der Waals surface area contributed by atoms with Crippen LogP contribution in [0, 0.1) is 0 Å². The molecule has 0 saturated carbocycles. The Labute approximate surface area is 149 Å². The lowest BCUT2D eigenvalue weighted by atomic mass is 10.0. The summed E-state index contributed by atoms with van der Waals surface area (Å²) in [7, 11) is 1.28. The molecule has 0 spiro atoms. The van der Waals surface area contributed by atoms with Crippen LogP contribution in [0.4, 0.5) is 0 Å². The number of fused-ring (bicyclic) bond motifs is 1. The standard InChI is InChI=1S/C13H13N3O5S3/c1-21-12(20)7-13(24-4-15-7)23-3-5-2-22-10-6(14)9(17)16(10)8(5)11(18)19/h4,6,10H,2-3,14H2,1H3,(H,18,19)/t6?,10-/m0/s1. The fourth-order valence-corrected chi connectivity index (χ4v) is 5.73. The van der Waals surface area contributed by atoms with Crippen molar-refractivity contribution in [3.63, 3.8) is 0 Å². The first-order valence-corrected chi connectivity index (χ1v) is 9.67. The monoisotopic (exact) mass is 387 g/mol. The Balaban J connectivity index is 1.81. The first-order valence-electron chi connectivity index (χ1n) is 6.76. The molecule has 11 heteroatoms. The summed E-state index contributed by atoms with van der Waals surface area (Å²) < 4.78 is 5.32. The van der Waals surface area contributed by atoms with Crippen molar-refractivity contribution in [2.75, 3.05) is 18.6 Å². The smallest absolute Gasteiger partial charge is 0.358 e. The van der Waals surface area contributed by atoms with Crippen LogP contribution in [0.1, 0.15) is 10.5 Å². The number of carbonyl (C=O) groups excluding carboxylic acids is 2. The van der Waals surface area contributed by atoms with Crippen LogP contribution >= 0.6 is 34.9 Å². The van der Waals surface area contributed by atoms with E-state index < -0.39 is 18.0 Å². The molecule has 0 bridgehead atoms. The van der Waals surface area contributed by atoms with Crippen LogP contribution in [0.3, 0.4) is 0 Å². The highest BCUT2D eigenvalue weighted by atomic mass is 32.2. The molecular weight excluding hydrogens is 374 g/mol. The van der Waals surface area contributed by atoms with Crippen LogP contribution < -0.4 is 5.73 Å². The van der Waals surface area contributed by atoms with Gasteiger partial charge in [-0.05, 0) is 5.57 Å². The van der Waals surface area contributed by atoms with Gasteiger partial charge in [-0.25, -0.2) is 14.6 Å². The molecule has 0 aromatic carbocycles. The van der Waals surface area contributed by atoms with Gasteiger partial charge in [0.2, 0.25) is 5.91 Å². The van der Waals surface area contributed by atoms with E-state index in [0.717, 1.165) is 0 Å². The van der Waals surface area contributed by atoms with Crippen molar-refractivity contribution in [1.29, 1.82) is 0 Å². The topological polar surface area (TPSA) is 123 Å². The van der Waals surface area contributed by atoms with Gasteiger partial charge in [-0.15, -0.1) is 34.9 Å². The second kappa shape index (κ2) is 6.75. The number of nitrogens with two attached hydrogens (primary N) is 1. The average molecular weight is 387 g/mol. The summed E-state index contributed by atoms with van der Waals surface area (Å²) in [6.07, 6.45) is 0. The molecule has 1 unspecified atom stereocenters. The zero-order valence-electron chi connectivity index (χ0n) is 12.4. The summed E-state index contributed by atoms with van der Waals surface area (Å²) in [6, 6.07) is -0.647. The first-order chi connectivity index (χ1) is 11.5. The number of ether oxygens (including phenoxy) is 1. The molecule has 1 saturated heterocycles. The number of amides is 1. The quantitative estimate of drug-likeness (QED) is 0.425. The van der Waals surface area contributed by atoms with Gasteiger partial charge in [0, 0.05) is 11.5 Å². The second-order valence-corrected chi connectivity index (χ2v) is 8.17.